The molecule has 0 radical (unpaired) electrons. The number of hydrogen-bond acceptors (Lipinski definition) is 7. The van der Waals surface area contributed by atoms with Gasteiger partial charge in [0, 0.05) is 25.1 Å². The minimum atomic E-state index is 0.250. The fourth-order valence-corrected chi connectivity index (χ4v) is 7.73. The lowest BCUT2D eigenvalue weighted by molar-refractivity contribution is -0.124. The summed E-state index contributed by atoms with van der Waals surface area (Å²) >= 11 is 0. The molecular weight excluding hydrogens is 632 g/mol. The molecule has 3 aliphatic carbocycles. The zero-order chi connectivity index (χ0) is 37.5. The average Bonchev–Trinajstić information content (AvgIpc) is 3.40. The van der Waals surface area contributed by atoms with Gasteiger partial charge in [-0.1, -0.05) is 95.4 Å². The highest BCUT2D eigenvalue weighted by molar-refractivity contribution is 5.79. The standard InChI is InChI=1S/C16H27NO.C11H13NO2.C11H20O.2CH3NO/c1-10(18)12(8-11-6-5-7-11)15-14-13(9-17(15)4)16(14,2)3;1-10(7-12-9-13)14-8-11-5-3-2-4-6-11;1-3-11(12-4-2)10-8-6-5-7-9-10;2*2-1-3/h11-15H,5-9H2,1-4H3;2-6,9H,1,7-8H2,(H,12,13);3,10-11H,1,4-9H2,2H3;2*1H,(H2,2,3). The van der Waals surface area contributed by atoms with Crippen LogP contribution in [0.4, 0.5) is 0 Å². The van der Waals surface area contributed by atoms with Gasteiger partial charge >= 0.3 is 0 Å². The number of carbonyl (C=O) groups excluding carboxylic acids is 4. The molecule has 10 nitrogen and oxygen atoms in total. The van der Waals surface area contributed by atoms with Crippen LogP contribution < -0.4 is 16.8 Å². The summed E-state index contributed by atoms with van der Waals surface area (Å²) in [7, 11) is 2.23. The molecule has 5 unspecified atom stereocenters. The van der Waals surface area contributed by atoms with E-state index < -0.39 is 0 Å². The topological polar surface area (TPSA) is 154 Å². The molecule has 10 heteroatoms. The summed E-state index contributed by atoms with van der Waals surface area (Å²) in [6.07, 6.45) is 15.5. The molecule has 0 spiro atoms. The van der Waals surface area contributed by atoms with Crippen molar-refractivity contribution >= 4 is 25.0 Å². The van der Waals surface area contributed by atoms with E-state index in [0.29, 0.717) is 54.6 Å². The molecule has 3 amide bonds. The van der Waals surface area contributed by atoms with E-state index in [0.717, 1.165) is 42.3 Å². The molecule has 0 bridgehead atoms. The van der Waals surface area contributed by atoms with Crippen LogP contribution in [0, 0.1) is 35.0 Å². The normalized spacial score (nSPS) is 22.8. The third-order valence-electron chi connectivity index (χ3n) is 10.6. The number of benzene rings is 1. The van der Waals surface area contributed by atoms with Crippen LogP contribution in [0.2, 0.25) is 0 Å². The highest BCUT2D eigenvalue weighted by atomic mass is 16.5. The summed E-state index contributed by atoms with van der Waals surface area (Å²) in [6.45, 7) is 19.0. The number of carbonyl (C=O) groups is 4. The first-order valence-electron chi connectivity index (χ1n) is 18.2. The first-order valence-corrected chi connectivity index (χ1v) is 18.2. The van der Waals surface area contributed by atoms with Crippen molar-refractivity contribution < 1.29 is 28.7 Å². The molecular formula is C40H66N4O6. The number of Topliss-reactive ketones (excluding diaryl/α,β-unsaturated/α-hetero) is 1. The Morgan fingerprint density at radius 2 is 1.64 bits per heavy atom. The number of hydrogen-bond donors (Lipinski definition) is 3. The molecule has 282 valence electrons. The molecule has 1 aliphatic heterocycles. The van der Waals surface area contributed by atoms with Gasteiger partial charge in [0.25, 0.3) is 0 Å². The molecule has 1 aromatic carbocycles. The van der Waals surface area contributed by atoms with Gasteiger partial charge in [0.1, 0.15) is 18.1 Å². The van der Waals surface area contributed by atoms with E-state index >= 15 is 0 Å². The van der Waals surface area contributed by atoms with E-state index in [1.54, 1.807) is 0 Å². The predicted octanol–water partition coefficient (Wildman–Crippen LogP) is 5.79. The molecule has 5 N–H and O–H groups in total. The third-order valence-corrected chi connectivity index (χ3v) is 10.6. The van der Waals surface area contributed by atoms with Gasteiger partial charge in [-0.25, -0.2) is 0 Å². The van der Waals surface area contributed by atoms with Crippen molar-refractivity contribution in [1.29, 1.82) is 0 Å². The lowest BCUT2D eigenvalue weighted by Gasteiger charge is -2.36. The van der Waals surface area contributed by atoms with E-state index in [1.807, 2.05) is 43.3 Å². The van der Waals surface area contributed by atoms with Gasteiger partial charge in [-0.3, -0.25) is 19.2 Å². The van der Waals surface area contributed by atoms with E-state index in [-0.39, 0.29) is 12.8 Å². The second-order valence-electron chi connectivity index (χ2n) is 14.3. The van der Waals surface area contributed by atoms with E-state index in [9.17, 15) is 9.59 Å². The molecule has 4 fully saturated rings. The minimum absolute atomic E-state index is 0.250. The zero-order valence-corrected chi connectivity index (χ0v) is 31.4. The highest BCUT2D eigenvalue weighted by Gasteiger charge is 2.67. The largest absolute Gasteiger partial charge is 0.492 e. The Kier molecular flexibility index (Phi) is 21.9. The quantitative estimate of drug-likeness (QED) is 0.126. The highest BCUT2D eigenvalue weighted by Crippen LogP contribution is 2.66. The number of ketones is 1. The van der Waals surface area contributed by atoms with Crippen molar-refractivity contribution in [2.24, 2.45) is 46.5 Å². The number of nitrogens with zero attached hydrogens (tertiary/aromatic N) is 1. The van der Waals surface area contributed by atoms with Gasteiger partial charge in [0.2, 0.25) is 19.2 Å². The second kappa shape index (κ2) is 24.6. The lowest BCUT2D eigenvalue weighted by Crippen LogP contribution is -2.42. The second-order valence-corrected chi connectivity index (χ2v) is 14.3. The van der Waals surface area contributed by atoms with Crippen molar-refractivity contribution in [3.63, 3.8) is 0 Å². The van der Waals surface area contributed by atoms with Gasteiger partial charge in [-0.15, -0.1) is 6.58 Å². The van der Waals surface area contributed by atoms with Gasteiger partial charge in [0.05, 0.1) is 12.6 Å². The van der Waals surface area contributed by atoms with Crippen LogP contribution in [0.25, 0.3) is 0 Å². The molecule has 3 saturated carbocycles. The van der Waals surface area contributed by atoms with Crippen molar-refractivity contribution in [2.45, 2.75) is 104 Å². The molecule has 5 rings (SSSR count). The SMILES string of the molecule is C=C(CNC=O)OCc1ccccc1.C=CC(OCC)C1CCCCC1.CC(=O)C(CC1CCC1)C1C2C(CN1C)C2(C)C.NC=O.NC=O. The number of nitrogens with two attached hydrogens (primary N) is 2. The summed E-state index contributed by atoms with van der Waals surface area (Å²) < 4.78 is 10.9. The zero-order valence-electron chi connectivity index (χ0n) is 31.4. The lowest BCUT2D eigenvalue weighted by atomic mass is 9.74. The van der Waals surface area contributed by atoms with E-state index in [1.165, 1.54) is 57.9 Å². The molecule has 4 aliphatic rings. The number of amides is 3. The van der Waals surface area contributed by atoms with Crippen LogP contribution in [0.5, 0.6) is 0 Å². The fraction of sp³-hybridized carbons (Fsp3) is 0.650. The maximum Gasteiger partial charge on any atom is 0.207 e. The van der Waals surface area contributed by atoms with Crippen LogP contribution in [0.3, 0.4) is 0 Å². The number of fused-ring (bicyclic) bond motifs is 1. The van der Waals surface area contributed by atoms with Crippen LogP contribution >= 0.6 is 0 Å². The monoisotopic (exact) mass is 698 g/mol. The Balaban J connectivity index is 0.000000354. The van der Waals surface area contributed by atoms with Crippen LogP contribution in [0.1, 0.15) is 91.0 Å². The fourth-order valence-electron chi connectivity index (χ4n) is 7.73. The maximum atomic E-state index is 12.1. The Labute approximate surface area is 301 Å². The molecule has 5 atom stereocenters. The first kappa shape index (κ1) is 44.5. The minimum Gasteiger partial charge on any atom is -0.492 e. The Morgan fingerprint density at radius 1 is 1.04 bits per heavy atom. The van der Waals surface area contributed by atoms with Crippen molar-refractivity contribution in [2.75, 3.05) is 26.7 Å². The van der Waals surface area contributed by atoms with Gasteiger partial charge < -0.3 is 31.2 Å². The van der Waals surface area contributed by atoms with Crippen LogP contribution in [-0.4, -0.2) is 68.8 Å². The number of rotatable bonds is 14. The summed E-state index contributed by atoms with van der Waals surface area (Å²) in [5.74, 6) is 4.50. The van der Waals surface area contributed by atoms with Crippen LogP contribution in [0.15, 0.2) is 55.3 Å². The Bertz CT molecular complexity index is 1130. The third kappa shape index (κ3) is 15.2. The molecule has 50 heavy (non-hydrogen) atoms. The summed E-state index contributed by atoms with van der Waals surface area (Å²) in [5.41, 5.74) is 9.91. The van der Waals surface area contributed by atoms with Gasteiger partial charge in [-0.05, 0) is 74.8 Å². The number of ether oxygens (including phenoxy) is 2. The Morgan fingerprint density at radius 3 is 2.10 bits per heavy atom. The van der Waals surface area contributed by atoms with E-state index in [2.05, 4.69) is 62.7 Å². The maximum absolute atomic E-state index is 12.1. The molecule has 1 aromatic rings. The summed E-state index contributed by atoms with van der Waals surface area (Å²) in [5, 5.41) is 2.48. The van der Waals surface area contributed by atoms with Gasteiger partial charge in [0.15, 0.2) is 0 Å². The van der Waals surface area contributed by atoms with Crippen molar-refractivity contribution in [1.82, 2.24) is 10.2 Å². The summed E-state index contributed by atoms with van der Waals surface area (Å²) in [6, 6.07) is 10.3. The smallest absolute Gasteiger partial charge is 0.207 e. The van der Waals surface area contributed by atoms with E-state index in [4.69, 9.17) is 19.1 Å². The molecule has 0 aromatic heterocycles. The number of piperidine rings is 1. The average molecular weight is 699 g/mol. The van der Waals surface area contributed by atoms with Crippen molar-refractivity contribution in [3.05, 3.63) is 60.9 Å². The molecule has 1 heterocycles. The predicted molar refractivity (Wildman–Crippen MR) is 200 cm³/mol. The number of likely N-dealkylation sites (tertiary alicyclic amines) is 1. The number of nitrogens with one attached hydrogen (secondary N) is 1. The number of primary amides is 2. The van der Waals surface area contributed by atoms with Crippen LogP contribution in [-0.2, 0) is 35.3 Å². The molecule has 1 saturated heterocycles. The Hall–Kier alpha value is -3.50. The van der Waals surface area contributed by atoms with Gasteiger partial charge in [-0.2, -0.15) is 0 Å². The van der Waals surface area contributed by atoms with Crippen molar-refractivity contribution in [3.8, 4) is 0 Å². The summed E-state index contributed by atoms with van der Waals surface area (Å²) in [4.78, 5) is 41.7. The first-order chi connectivity index (χ1) is 24.0.